The van der Waals surface area contributed by atoms with Crippen molar-refractivity contribution in [3.05, 3.63) is 103 Å². The summed E-state index contributed by atoms with van der Waals surface area (Å²) < 4.78 is 5.09. The molecule has 3 aromatic rings. The summed E-state index contributed by atoms with van der Waals surface area (Å²) >= 11 is 12.2. The van der Waals surface area contributed by atoms with Gasteiger partial charge >= 0.3 is 0 Å². The summed E-state index contributed by atoms with van der Waals surface area (Å²) in [7, 11) is 1.47. The van der Waals surface area contributed by atoms with Crippen molar-refractivity contribution in [3.63, 3.8) is 0 Å². The van der Waals surface area contributed by atoms with E-state index < -0.39 is 16.7 Å². The van der Waals surface area contributed by atoms with E-state index in [1.807, 2.05) is 0 Å². The standard InChI is InChI=1S/C24H19Cl2N3O5/c1-14-3-6-16(25)12-21(14)27-24(31)22(11-15-4-7-17(8-5-15)29(32)33)28-23(30)19-10-9-18(34-2)13-20(19)26/h3-13H,1-2H3,(H,27,31)(H,28,30). The lowest BCUT2D eigenvalue weighted by molar-refractivity contribution is -0.384. The van der Waals surface area contributed by atoms with Gasteiger partial charge < -0.3 is 15.4 Å². The normalized spacial score (nSPS) is 11.0. The summed E-state index contributed by atoms with van der Waals surface area (Å²) in [4.78, 5) is 36.4. The maximum Gasteiger partial charge on any atom is 0.272 e. The van der Waals surface area contributed by atoms with Crippen LogP contribution in [0.25, 0.3) is 6.08 Å². The minimum Gasteiger partial charge on any atom is -0.497 e. The molecule has 0 unspecified atom stereocenters. The average Bonchev–Trinajstić information content (AvgIpc) is 2.81. The third-order valence-corrected chi connectivity index (χ3v) is 5.32. The van der Waals surface area contributed by atoms with Gasteiger partial charge in [-0.1, -0.05) is 29.3 Å². The van der Waals surface area contributed by atoms with Crippen LogP contribution in [0.4, 0.5) is 11.4 Å². The number of hydrogen-bond donors (Lipinski definition) is 2. The number of hydrogen-bond acceptors (Lipinski definition) is 5. The number of carbonyl (C=O) groups excluding carboxylic acids is 2. The predicted molar refractivity (Wildman–Crippen MR) is 131 cm³/mol. The van der Waals surface area contributed by atoms with E-state index in [0.717, 1.165) is 5.56 Å². The second-order valence-corrected chi connectivity index (χ2v) is 7.96. The Bertz CT molecular complexity index is 1290. The average molecular weight is 500 g/mol. The van der Waals surface area contributed by atoms with Crippen molar-refractivity contribution in [1.82, 2.24) is 5.32 Å². The minimum absolute atomic E-state index is 0.105. The zero-order valence-electron chi connectivity index (χ0n) is 18.1. The third kappa shape index (κ3) is 6.12. The van der Waals surface area contributed by atoms with Gasteiger partial charge in [-0.25, -0.2) is 0 Å². The molecule has 0 spiro atoms. The van der Waals surface area contributed by atoms with Crippen LogP contribution in [0.5, 0.6) is 5.75 Å². The fourth-order valence-electron chi connectivity index (χ4n) is 2.93. The second kappa shape index (κ2) is 10.8. The number of carbonyl (C=O) groups is 2. The number of benzene rings is 3. The molecule has 0 radical (unpaired) electrons. The first-order valence-electron chi connectivity index (χ1n) is 9.86. The number of nitro groups is 1. The van der Waals surface area contributed by atoms with Crippen LogP contribution in [-0.4, -0.2) is 23.8 Å². The van der Waals surface area contributed by atoms with Crippen molar-refractivity contribution in [1.29, 1.82) is 0 Å². The van der Waals surface area contributed by atoms with Gasteiger partial charge in [-0.2, -0.15) is 0 Å². The maximum absolute atomic E-state index is 13.1. The van der Waals surface area contributed by atoms with Gasteiger partial charge in [-0.15, -0.1) is 0 Å². The van der Waals surface area contributed by atoms with Crippen molar-refractivity contribution in [2.75, 3.05) is 12.4 Å². The van der Waals surface area contributed by atoms with Crippen LogP contribution in [0.3, 0.4) is 0 Å². The number of anilines is 1. The molecule has 0 aliphatic carbocycles. The molecule has 0 saturated carbocycles. The Hall–Kier alpha value is -3.88. The molecule has 0 atom stereocenters. The van der Waals surface area contributed by atoms with E-state index in [0.29, 0.717) is 22.0 Å². The molecule has 2 amide bonds. The zero-order valence-corrected chi connectivity index (χ0v) is 19.6. The molecule has 174 valence electrons. The molecular weight excluding hydrogens is 481 g/mol. The Balaban J connectivity index is 1.95. The lowest BCUT2D eigenvalue weighted by Gasteiger charge is -2.14. The molecule has 8 nitrogen and oxygen atoms in total. The van der Waals surface area contributed by atoms with Crippen LogP contribution in [-0.2, 0) is 4.79 Å². The molecule has 0 fully saturated rings. The van der Waals surface area contributed by atoms with Crippen LogP contribution in [0.1, 0.15) is 21.5 Å². The first-order valence-corrected chi connectivity index (χ1v) is 10.6. The lowest BCUT2D eigenvalue weighted by Crippen LogP contribution is -2.31. The summed E-state index contributed by atoms with van der Waals surface area (Å²) in [6.07, 6.45) is 1.40. The highest BCUT2D eigenvalue weighted by Crippen LogP contribution is 2.24. The van der Waals surface area contributed by atoms with Crippen molar-refractivity contribution in [2.24, 2.45) is 0 Å². The summed E-state index contributed by atoms with van der Waals surface area (Å²) in [5.41, 5.74) is 1.60. The first-order chi connectivity index (χ1) is 16.2. The van der Waals surface area contributed by atoms with Crippen molar-refractivity contribution in [2.45, 2.75) is 6.92 Å². The van der Waals surface area contributed by atoms with E-state index in [2.05, 4.69) is 10.6 Å². The minimum atomic E-state index is -0.626. The number of rotatable bonds is 7. The summed E-state index contributed by atoms with van der Waals surface area (Å²) in [5, 5.41) is 16.8. The lowest BCUT2D eigenvalue weighted by atomic mass is 10.1. The number of non-ortho nitro benzene ring substituents is 1. The van der Waals surface area contributed by atoms with E-state index in [-0.39, 0.29) is 22.0 Å². The highest BCUT2D eigenvalue weighted by molar-refractivity contribution is 6.34. The quantitative estimate of drug-likeness (QED) is 0.248. The van der Waals surface area contributed by atoms with Gasteiger partial charge in [0.05, 0.1) is 22.6 Å². The van der Waals surface area contributed by atoms with Crippen molar-refractivity contribution >= 4 is 52.5 Å². The van der Waals surface area contributed by atoms with Crippen LogP contribution in [0, 0.1) is 17.0 Å². The van der Waals surface area contributed by atoms with Crippen molar-refractivity contribution < 1.29 is 19.2 Å². The molecule has 3 aromatic carbocycles. The zero-order chi connectivity index (χ0) is 24.8. The van der Waals surface area contributed by atoms with E-state index in [4.69, 9.17) is 27.9 Å². The Morgan fingerprint density at radius 2 is 1.74 bits per heavy atom. The number of nitrogens with zero attached hydrogens (tertiary/aromatic N) is 1. The molecule has 0 heterocycles. The van der Waals surface area contributed by atoms with Gasteiger partial charge in [0.1, 0.15) is 11.4 Å². The molecule has 3 rings (SSSR count). The SMILES string of the molecule is COc1ccc(C(=O)NC(=Cc2ccc([N+](=O)[O-])cc2)C(=O)Nc2cc(Cl)ccc2C)c(Cl)c1. The number of nitro benzene ring substituents is 1. The molecule has 10 heteroatoms. The van der Waals surface area contributed by atoms with E-state index in [1.54, 1.807) is 31.2 Å². The number of methoxy groups -OCH3 is 1. The third-order valence-electron chi connectivity index (χ3n) is 4.78. The van der Waals surface area contributed by atoms with E-state index in [9.17, 15) is 19.7 Å². The van der Waals surface area contributed by atoms with Gasteiger partial charge in [-0.05, 0) is 66.6 Å². The molecule has 0 saturated heterocycles. The van der Waals surface area contributed by atoms with Crippen LogP contribution in [0.2, 0.25) is 10.0 Å². The van der Waals surface area contributed by atoms with Gasteiger partial charge in [0.25, 0.3) is 17.5 Å². The molecule has 34 heavy (non-hydrogen) atoms. The Morgan fingerprint density at radius 1 is 1.03 bits per heavy atom. The van der Waals surface area contributed by atoms with Gasteiger partial charge in [-0.3, -0.25) is 19.7 Å². The largest absolute Gasteiger partial charge is 0.497 e. The van der Waals surface area contributed by atoms with Crippen LogP contribution in [0.15, 0.2) is 66.4 Å². The second-order valence-electron chi connectivity index (χ2n) is 7.12. The van der Waals surface area contributed by atoms with E-state index in [1.165, 1.54) is 49.6 Å². The number of ether oxygens (including phenoxy) is 1. The fraction of sp³-hybridized carbons (Fsp3) is 0.0833. The van der Waals surface area contributed by atoms with Gasteiger partial charge in [0, 0.05) is 22.8 Å². The summed E-state index contributed by atoms with van der Waals surface area (Å²) in [6, 6.07) is 15.0. The summed E-state index contributed by atoms with van der Waals surface area (Å²) in [6.45, 7) is 1.79. The first kappa shape index (κ1) is 24.8. The fourth-order valence-corrected chi connectivity index (χ4v) is 3.36. The Kier molecular flexibility index (Phi) is 7.88. The Morgan fingerprint density at radius 3 is 2.35 bits per heavy atom. The van der Waals surface area contributed by atoms with Gasteiger partial charge in [0.15, 0.2) is 0 Å². The van der Waals surface area contributed by atoms with Gasteiger partial charge in [0.2, 0.25) is 0 Å². The topological polar surface area (TPSA) is 111 Å². The smallest absolute Gasteiger partial charge is 0.272 e. The monoisotopic (exact) mass is 499 g/mol. The number of aryl methyl sites for hydroxylation is 1. The van der Waals surface area contributed by atoms with Crippen LogP contribution >= 0.6 is 23.2 Å². The van der Waals surface area contributed by atoms with Crippen molar-refractivity contribution in [3.8, 4) is 5.75 Å². The highest BCUT2D eigenvalue weighted by Gasteiger charge is 2.18. The van der Waals surface area contributed by atoms with Crippen LogP contribution < -0.4 is 15.4 Å². The molecule has 0 bridgehead atoms. The number of nitrogens with one attached hydrogen (secondary N) is 2. The molecule has 0 aliphatic heterocycles. The molecule has 0 aromatic heterocycles. The summed E-state index contributed by atoms with van der Waals surface area (Å²) in [5.74, 6) is -0.780. The Labute approximate surface area is 205 Å². The highest BCUT2D eigenvalue weighted by atomic mass is 35.5. The number of halogens is 2. The van der Waals surface area contributed by atoms with E-state index >= 15 is 0 Å². The molecular formula is C24H19Cl2N3O5. The maximum atomic E-state index is 13.1. The molecule has 2 N–H and O–H groups in total. The predicted octanol–water partition coefficient (Wildman–Crippen LogP) is 5.63. The molecule has 0 aliphatic rings. The number of amides is 2.